The Morgan fingerprint density at radius 3 is 2.56 bits per heavy atom. The summed E-state index contributed by atoms with van der Waals surface area (Å²) in [6.45, 7) is 4.65. The molecular weight excluding hydrogens is 237 g/mol. The van der Waals surface area contributed by atoms with E-state index in [9.17, 15) is 9.18 Å². The first-order valence-corrected chi connectivity index (χ1v) is 5.90. The van der Waals surface area contributed by atoms with E-state index in [1.807, 2.05) is 13.8 Å². The van der Waals surface area contributed by atoms with Crippen LogP contribution in [0.1, 0.15) is 24.2 Å². The summed E-state index contributed by atoms with van der Waals surface area (Å²) in [5.74, 6) is -1.26. The zero-order chi connectivity index (χ0) is 13.3. The molecule has 0 radical (unpaired) electrons. The van der Waals surface area contributed by atoms with Gasteiger partial charge in [0.05, 0.1) is 17.8 Å². The second-order valence-corrected chi connectivity index (χ2v) is 4.63. The molecule has 1 aromatic rings. The molecule has 1 fully saturated rings. The molecule has 2 atom stereocenters. The van der Waals surface area contributed by atoms with Crippen LogP contribution in [0.25, 0.3) is 0 Å². The number of aromatic hydroxyl groups is 1. The number of phenolic OH excluding ortho intramolecular Hbond substituents is 1. The lowest BCUT2D eigenvalue weighted by molar-refractivity contribution is -0.0587. The molecule has 18 heavy (non-hydrogen) atoms. The van der Waals surface area contributed by atoms with Crippen molar-refractivity contribution in [3.8, 4) is 5.75 Å². The largest absolute Gasteiger partial charge is 0.508 e. The van der Waals surface area contributed by atoms with E-state index < -0.39 is 5.82 Å². The monoisotopic (exact) mass is 253 g/mol. The minimum Gasteiger partial charge on any atom is -0.508 e. The van der Waals surface area contributed by atoms with Crippen molar-refractivity contribution in [1.82, 2.24) is 4.90 Å². The van der Waals surface area contributed by atoms with Gasteiger partial charge in [-0.25, -0.2) is 4.39 Å². The Bertz CT molecular complexity index is 454. The maximum absolute atomic E-state index is 13.6. The molecule has 1 aliphatic rings. The molecular formula is C13H16FNO3. The van der Waals surface area contributed by atoms with Gasteiger partial charge in [0.2, 0.25) is 0 Å². The number of carbonyl (C=O) groups excluding carboxylic acids is 1. The number of benzene rings is 1. The molecule has 1 amide bonds. The van der Waals surface area contributed by atoms with Crippen molar-refractivity contribution >= 4 is 5.91 Å². The predicted molar refractivity (Wildman–Crippen MR) is 64.0 cm³/mol. The molecule has 1 N–H and O–H groups in total. The Hall–Kier alpha value is -1.62. The summed E-state index contributed by atoms with van der Waals surface area (Å²) in [6, 6.07) is 3.56. The molecule has 0 aliphatic carbocycles. The molecule has 98 valence electrons. The van der Waals surface area contributed by atoms with Crippen molar-refractivity contribution in [2.24, 2.45) is 0 Å². The number of carbonyl (C=O) groups is 1. The van der Waals surface area contributed by atoms with Gasteiger partial charge in [0.25, 0.3) is 5.91 Å². The average Bonchev–Trinajstić information content (AvgIpc) is 2.26. The maximum atomic E-state index is 13.6. The SMILES string of the molecule is C[C@@H]1CN(C(=O)c2ccc(O)cc2F)C[C@H](C)O1. The van der Waals surface area contributed by atoms with E-state index in [0.29, 0.717) is 13.1 Å². The number of halogens is 1. The third kappa shape index (κ3) is 2.61. The van der Waals surface area contributed by atoms with Gasteiger partial charge in [-0.3, -0.25) is 4.79 Å². The summed E-state index contributed by atoms with van der Waals surface area (Å²) in [7, 11) is 0. The van der Waals surface area contributed by atoms with Crippen LogP contribution in [0.5, 0.6) is 5.75 Å². The number of hydrogen-bond donors (Lipinski definition) is 1. The average molecular weight is 253 g/mol. The van der Waals surface area contributed by atoms with Gasteiger partial charge in [0, 0.05) is 19.2 Å². The molecule has 1 aromatic carbocycles. The zero-order valence-electron chi connectivity index (χ0n) is 10.4. The van der Waals surface area contributed by atoms with Gasteiger partial charge in [-0.1, -0.05) is 0 Å². The van der Waals surface area contributed by atoms with E-state index in [-0.39, 0.29) is 29.4 Å². The number of ether oxygens (including phenoxy) is 1. The first kappa shape index (κ1) is 12.8. The third-order valence-electron chi connectivity index (χ3n) is 2.89. The Morgan fingerprint density at radius 2 is 2.00 bits per heavy atom. The van der Waals surface area contributed by atoms with Gasteiger partial charge in [0.15, 0.2) is 0 Å². The maximum Gasteiger partial charge on any atom is 0.257 e. The Balaban J connectivity index is 2.20. The molecule has 0 aromatic heterocycles. The summed E-state index contributed by atoms with van der Waals surface area (Å²) >= 11 is 0. The quantitative estimate of drug-likeness (QED) is 0.830. The summed E-state index contributed by atoms with van der Waals surface area (Å²) in [5.41, 5.74) is -0.0194. The van der Waals surface area contributed by atoms with Crippen LogP contribution in [-0.4, -0.2) is 41.2 Å². The van der Waals surface area contributed by atoms with Gasteiger partial charge < -0.3 is 14.7 Å². The fourth-order valence-electron chi connectivity index (χ4n) is 2.19. The van der Waals surface area contributed by atoms with E-state index in [0.717, 1.165) is 6.07 Å². The van der Waals surface area contributed by atoms with Crippen molar-refractivity contribution in [1.29, 1.82) is 0 Å². The summed E-state index contributed by atoms with van der Waals surface area (Å²) < 4.78 is 19.1. The number of rotatable bonds is 1. The van der Waals surface area contributed by atoms with E-state index in [2.05, 4.69) is 0 Å². The number of nitrogens with zero attached hydrogens (tertiary/aromatic N) is 1. The summed E-state index contributed by atoms with van der Waals surface area (Å²) in [6.07, 6.45) is -0.115. The first-order valence-electron chi connectivity index (χ1n) is 5.90. The standard InChI is InChI=1S/C13H16FNO3/c1-8-6-15(7-9(2)18-8)13(17)11-4-3-10(16)5-12(11)14/h3-5,8-9,16H,6-7H2,1-2H3/t8-,9+. The van der Waals surface area contributed by atoms with Crippen LogP contribution in [0.15, 0.2) is 18.2 Å². The Labute approximate surface area is 105 Å². The van der Waals surface area contributed by atoms with Crippen LogP contribution in [0.3, 0.4) is 0 Å². The lowest BCUT2D eigenvalue weighted by Gasteiger charge is -2.35. The summed E-state index contributed by atoms with van der Waals surface area (Å²) in [5, 5.41) is 9.13. The van der Waals surface area contributed by atoms with E-state index in [1.165, 1.54) is 12.1 Å². The number of amides is 1. The van der Waals surface area contributed by atoms with Gasteiger partial charge >= 0.3 is 0 Å². The second-order valence-electron chi connectivity index (χ2n) is 4.63. The smallest absolute Gasteiger partial charge is 0.257 e. The van der Waals surface area contributed by atoms with Gasteiger partial charge in [0.1, 0.15) is 11.6 Å². The molecule has 0 spiro atoms. The van der Waals surface area contributed by atoms with Crippen LogP contribution in [0, 0.1) is 5.82 Å². The molecule has 0 unspecified atom stereocenters. The van der Waals surface area contributed by atoms with Crippen LogP contribution in [0.4, 0.5) is 4.39 Å². The predicted octanol–water partition coefficient (Wildman–Crippen LogP) is 1.78. The Kier molecular flexibility index (Phi) is 3.52. The van der Waals surface area contributed by atoms with E-state index >= 15 is 0 Å². The molecule has 0 saturated carbocycles. The van der Waals surface area contributed by atoms with Crippen LogP contribution < -0.4 is 0 Å². The molecule has 2 rings (SSSR count). The van der Waals surface area contributed by atoms with Crippen molar-refractivity contribution in [3.63, 3.8) is 0 Å². The van der Waals surface area contributed by atoms with Gasteiger partial charge in [-0.05, 0) is 26.0 Å². The zero-order valence-corrected chi connectivity index (χ0v) is 10.4. The van der Waals surface area contributed by atoms with Crippen molar-refractivity contribution in [3.05, 3.63) is 29.6 Å². The first-order chi connectivity index (χ1) is 8.47. The van der Waals surface area contributed by atoms with E-state index in [4.69, 9.17) is 9.84 Å². The molecule has 0 bridgehead atoms. The second kappa shape index (κ2) is 4.94. The van der Waals surface area contributed by atoms with Crippen LogP contribution in [-0.2, 0) is 4.74 Å². The molecule has 1 saturated heterocycles. The number of hydrogen-bond acceptors (Lipinski definition) is 3. The Morgan fingerprint density at radius 1 is 1.39 bits per heavy atom. The highest BCUT2D eigenvalue weighted by Gasteiger charge is 2.27. The summed E-state index contributed by atoms with van der Waals surface area (Å²) in [4.78, 5) is 13.7. The highest BCUT2D eigenvalue weighted by molar-refractivity contribution is 5.94. The molecule has 5 heteroatoms. The lowest BCUT2D eigenvalue weighted by Crippen LogP contribution is -2.48. The highest BCUT2D eigenvalue weighted by atomic mass is 19.1. The minimum absolute atomic E-state index is 0.0194. The third-order valence-corrected chi connectivity index (χ3v) is 2.89. The molecule has 1 heterocycles. The van der Waals surface area contributed by atoms with Crippen molar-refractivity contribution < 1.29 is 19.0 Å². The topological polar surface area (TPSA) is 49.8 Å². The fourth-order valence-corrected chi connectivity index (χ4v) is 2.19. The number of phenols is 1. The molecule has 4 nitrogen and oxygen atoms in total. The fraction of sp³-hybridized carbons (Fsp3) is 0.462. The van der Waals surface area contributed by atoms with Crippen LogP contribution in [0.2, 0.25) is 0 Å². The normalized spacial score (nSPS) is 24.1. The van der Waals surface area contributed by atoms with Gasteiger partial charge in [-0.2, -0.15) is 0 Å². The molecule has 1 aliphatic heterocycles. The van der Waals surface area contributed by atoms with Crippen molar-refractivity contribution in [2.75, 3.05) is 13.1 Å². The number of morpholine rings is 1. The van der Waals surface area contributed by atoms with Crippen molar-refractivity contribution in [2.45, 2.75) is 26.1 Å². The lowest BCUT2D eigenvalue weighted by atomic mass is 10.1. The van der Waals surface area contributed by atoms with Crippen LogP contribution >= 0.6 is 0 Å². The highest BCUT2D eigenvalue weighted by Crippen LogP contribution is 2.19. The minimum atomic E-state index is -0.702. The van der Waals surface area contributed by atoms with Gasteiger partial charge in [-0.15, -0.1) is 0 Å². The van der Waals surface area contributed by atoms with E-state index in [1.54, 1.807) is 4.90 Å².